The van der Waals surface area contributed by atoms with E-state index in [0.717, 1.165) is 29.8 Å². The number of rotatable bonds is 4. The van der Waals surface area contributed by atoms with Gasteiger partial charge in [0.1, 0.15) is 0 Å². The van der Waals surface area contributed by atoms with Gasteiger partial charge in [-0.25, -0.2) is 0 Å². The smallest absolute Gasteiger partial charge is 0.224 e. The molecule has 1 aromatic rings. The maximum absolute atomic E-state index is 12.4. The summed E-state index contributed by atoms with van der Waals surface area (Å²) < 4.78 is 0. The number of likely N-dealkylation sites (tertiary alicyclic amines) is 1. The molecular weight excluding hydrogens is 284 g/mol. The number of carbonyl (C=O) groups excluding carboxylic acids is 2. The second-order valence-electron chi connectivity index (χ2n) is 5.68. The fraction of sp³-hybridized carbons (Fsp3) is 0.500. The van der Waals surface area contributed by atoms with E-state index < -0.39 is 0 Å². The van der Waals surface area contributed by atoms with Crippen LogP contribution in [-0.4, -0.2) is 48.5 Å². The van der Waals surface area contributed by atoms with Gasteiger partial charge in [0.2, 0.25) is 5.91 Å². The molecule has 2 fully saturated rings. The molecule has 5 heteroatoms. The van der Waals surface area contributed by atoms with Crippen molar-refractivity contribution in [2.75, 3.05) is 25.9 Å². The number of nitrogens with zero attached hydrogens (tertiary/aromatic N) is 1. The number of benzene rings is 1. The van der Waals surface area contributed by atoms with Gasteiger partial charge in [0.25, 0.3) is 0 Å². The highest BCUT2D eigenvalue weighted by Gasteiger charge is 2.41. The van der Waals surface area contributed by atoms with Crippen LogP contribution in [-0.2, 0) is 4.79 Å². The zero-order valence-electron chi connectivity index (χ0n) is 12.2. The lowest BCUT2D eigenvalue weighted by molar-refractivity contribution is -0.124. The minimum atomic E-state index is 0.0745. The van der Waals surface area contributed by atoms with E-state index in [9.17, 15) is 9.59 Å². The monoisotopic (exact) mass is 304 g/mol. The van der Waals surface area contributed by atoms with Crippen molar-refractivity contribution >= 4 is 23.5 Å². The molecule has 0 aromatic heterocycles. The summed E-state index contributed by atoms with van der Waals surface area (Å²) in [6.07, 6.45) is 3.96. The lowest BCUT2D eigenvalue weighted by Crippen LogP contribution is -2.47. The average molecular weight is 304 g/mol. The van der Waals surface area contributed by atoms with Crippen LogP contribution in [0.2, 0.25) is 0 Å². The molecule has 2 unspecified atom stereocenters. The molecule has 4 nitrogen and oxygen atoms in total. The Morgan fingerprint density at radius 2 is 2.14 bits per heavy atom. The number of nitrogens with one attached hydrogen (secondary N) is 1. The Hall–Kier alpha value is -1.33. The summed E-state index contributed by atoms with van der Waals surface area (Å²) in [6, 6.07) is 7.96. The number of piperidine rings is 1. The first-order valence-corrected chi connectivity index (χ1v) is 8.60. The van der Waals surface area contributed by atoms with Gasteiger partial charge in [0.05, 0.1) is 12.5 Å². The van der Waals surface area contributed by atoms with Crippen LogP contribution >= 0.6 is 11.8 Å². The van der Waals surface area contributed by atoms with Crippen molar-refractivity contribution in [3.63, 3.8) is 0 Å². The molecule has 1 aromatic carbocycles. The standard InChI is InChI=1S/C16H20N2O2S/c1-21-12-6-4-11(5-7-12)15(19)10-18-8-2-3-13-14(18)9-17-16(13)20/h4-7,13-14H,2-3,8-10H2,1H3,(H,17,20). The summed E-state index contributed by atoms with van der Waals surface area (Å²) in [5.74, 6) is 0.370. The van der Waals surface area contributed by atoms with Crippen LogP contribution in [0.25, 0.3) is 0 Å². The van der Waals surface area contributed by atoms with Crippen LogP contribution in [0.4, 0.5) is 0 Å². The Morgan fingerprint density at radius 3 is 2.86 bits per heavy atom. The van der Waals surface area contributed by atoms with Crippen molar-refractivity contribution in [2.24, 2.45) is 5.92 Å². The summed E-state index contributed by atoms with van der Waals surface area (Å²) in [7, 11) is 0. The molecule has 2 heterocycles. The predicted molar refractivity (Wildman–Crippen MR) is 83.6 cm³/mol. The highest BCUT2D eigenvalue weighted by Crippen LogP contribution is 2.27. The first-order valence-electron chi connectivity index (χ1n) is 7.38. The summed E-state index contributed by atoms with van der Waals surface area (Å²) in [6.45, 7) is 2.00. The molecule has 0 saturated carbocycles. The molecule has 21 heavy (non-hydrogen) atoms. The van der Waals surface area contributed by atoms with Crippen molar-refractivity contribution in [1.29, 1.82) is 0 Å². The summed E-state index contributed by atoms with van der Waals surface area (Å²) in [5, 5.41) is 2.92. The van der Waals surface area contributed by atoms with Gasteiger partial charge in [0, 0.05) is 23.0 Å². The Labute approximate surface area is 129 Å². The SMILES string of the molecule is CSc1ccc(C(=O)CN2CCCC3C(=O)NCC32)cc1. The second kappa shape index (κ2) is 6.20. The molecule has 1 N–H and O–H groups in total. The predicted octanol–water partition coefficient (Wildman–Crippen LogP) is 1.80. The summed E-state index contributed by atoms with van der Waals surface area (Å²) in [4.78, 5) is 27.5. The summed E-state index contributed by atoms with van der Waals surface area (Å²) >= 11 is 1.67. The number of hydrogen-bond acceptors (Lipinski definition) is 4. The molecule has 0 bridgehead atoms. The van der Waals surface area contributed by atoms with E-state index in [2.05, 4.69) is 10.2 Å². The van der Waals surface area contributed by atoms with Crippen LogP contribution in [0, 0.1) is 5.92 Å². The third-order valence-electron chi connectivity index (χ3n) is 4.47. The number of fused-ring (bicyclic) bond motifs is 1. The molecular formula is C16H20N2O2S. The van der Waals surface area contributed by atoms with E-state index in [1.165, 1.54) is 0 Å². The lowest BCUT2D eigenvalue weighted by Gasteiger charge is -2.35. The minimum Gasteiger partial charge on any atom is -0.354 e. The number of carbonyl (C=O) groups is 2. The number of thioether (sulfide) groups is 1. The molecule has 0 spiro atoms. The van der Waals surface area contributed by atoms with Crippen molar-refractivity contribution in [3.05, 3.63) is 29.8 Å². The van der Waals surface area contributed by atoms with Gasteiger partial charge >= 0.3 is 0 Å². The van der Waals surface area contributed by atoms with E-state index >= 15 is 0 Å². The quantitative estimate of drug-likeness (QED) is 0.681. The zero-order chi connectivity index (χ0) is 14.8. The van der Waals surface area contributed by atoms with Gasteiger partial charge in [-0.3, -0.25) is 14.5 Å². The molecule has 2 saturated heterocycles. The van der Waals surface area contributed by atoms with Gasteiger partial charge < -0.3 is 5.32 Å². The third-order valence-corrected chi connectivity index (χ3v) is 5.22. The maximum atomic E-state index is 12.4. The topological polar surface area (TPSA) is 49.4 Å². The van der Waals surface area contributed by atoms with Crippen molar-refractivity contribution < 1.29 is 9.59 Å². The molecule has 2 aliphatic rings. The fourth-order valence-electron chi connectivity index (χ4n) is 3.29. The van der Waals surface area contributed by atoms with Crippen LogP contribution in [0.15, 0.2) is 29.2 Å². The Morgan fingerprint density at radius 1 is 1.38 bits per heavy atom. The van der Waals surface area contributed by atoms with Gasteiger partial charge in [-0.2, -0.15) is 0 Å². The van der Waals surface area contributed by atoms with Crippen LogP contribution in [0.3, 0.4) is 0 Å². The van der Waals surface area contributed by atoms with Crippen LogP contribution in [0.5, 0.6) is 0 Å². The molecule has 2 aliphatic heterocycles. The van der Waals surface area contributed by atoms with Gasteiger partial charge in [-0.1, -0.05) is 12.1 Å². The molecule has 1 amide bonds. The van der Waals surface area contributed by atoms with E-state index in [0.29, 0.717) is 13.1 Å². The van der Waals surface area contributed by atoms with Gasteiger partial charge in [0.15, 0.2) is 5.78 Å². The highest BCUT2D eigenvalue weighted by atomic mass is 32.2. The third kappa shape index (κ3) is 2.99. The normalized spacial score (nSPS) is 25.5. The zero-order valence-corrected chi connectivity index (χ0v) is 13.0. The molecule has 3 rings (SSSR count). The second-order valence-corrected chi connectivity index (χ2v) is 6.56. The number of ketones is 1. The Kier molecular flexibility index (Phi) is 4.31. The van der Waals surface area contributed by atoms with E-state index in [1.54, 1.807) is 11.8 Å². The Balaban J connectivity index is 1.67. The molecule has 0 radical (unpaired) electrons. The molecule has 2 atom stereocenters. The largest absolute Gasteiger partial charge is 0.354 e. The fourth-order valence-corrected chi connectivity index (χ4v) is 3.70. The summed E-state index contributed by atoms with van der Waals surface area (Å²) in [5.41, 5.74) is 0.757. The molecule has 112 valence electrons. The molecule has 0 aliphatic carbocycles. The lowest BCUT2D eigenvalue weighted by atomic mass is 9.91. The van der Waals surface area contributed by atoms with Gasteiger partial charge in [-0.15, -0.1) is 11.8 Å². The van der Waals surface area contributed by atoms with Crippen molar-refractivity contribution in [2.45, 2.75) is 23.8 Å². The van der Waals surface area contributed by atoms with E-state index in [-0.39, 0.29) is 23.7 Å². The minimum absolute atomic E-state index is 0.0745. The average Bonchev–Trinajstić information content (AvgIpc) is 2.90. The highest BCUT2D eigenvalue weighted by molar-refractivity contribution is 7.98. The first-order chi connectivity index (χ1) is 10.2. The number of amides is 1. The Bertz CT molecular complexity index is 544. The van der Waals surface area contributed by atoms with Gasteiger partial charge in [-0.05, 0) is 37.8 Å². The van der Waals surface area contributed by atoms with Crippen LogP contribution < -0.4 is 5.32 Å². The van der Waals surface area contributed by atoms with E-state index in [1.807, 2.05) is 30.5 Å². The van der Waals surface area contributed by atoms with Crippen molar-refractivity contribution in [3.8, 4) is 0 Å². The first kappa shape index (κ1) is 14.6. The number of hydrogen-bond donors (Lipinski definition) is 1. The maximum Gasteiger partial charge on any atom is 0.224 e. The van der Waals surface area contributed by atoms with Crippen molar-refractivity contribution in [1.82, 2.24) is 10.2 Å². The number of Topliss-reactive ketones (excluding diaryl/α,β-unsaturated/α-hetero) is 1. The van der Waals surface area contributed by atoms with E-state index in [4.69, 9.17) is 0 Å². The van der Waals surface area contributed by atoms with Crippen LogP contribution in [0.1, 0.15) is 23.2 Å².